The van der Waals surface area contributed by atoms with Gasteiger partial charge in [-0.1, -0.05) is 0 Å². The van der Waals surface area contributed by atoms with Crippen molar-refractivity contribution in [2.45, 2.75) is 45.3 Å². The lowest BCUT2D eigenvalue weighted by atomic mass is 9.96. The topological polar surface area (TPSA) is 83.1 Å². The van der Waals surface area contributed by atoms with Crippen LogP contribution >= 0.6 is 0 Å². The van der Waals surface area contributed by atoms with Crippen LogP contribution in [-0.4, -0.2) is 58.3 Å². The number of H-pyrrole nitrogens is 1. The van der Waals surface area contributed by atoms with E-state index < -0.39 is 0 Å². The van der Waals surface area contributed by atoms with Crippen LogP contribution in [0.1, 0.15) is 37.3 Å². The molecule has 7 nitrogen and oxygen atoms in total. The quantitative estimate of drug-likeness (QED) is 0.833. The van der Waals surface area contributed by atoms with E-state index in [9.17, 15) is 4.79 Å². The Labute approximate surface area is 130 Å². The van der Waals surface area contributed by atoms with E-state index in [1.54, 1.807) is 0 Å². The highest BCUT2D eigenvalue weighted by molar-refractivity contribution is 5.80. The van der Waals surface area contributed by atoms with Crippen molar-refractivity contribution in [1.82, 2.24) is 25.4 Å². The first kappa shape index (κ1) is 15.4. The molecule has 3 rings (SSSR count). The Morgan fingerprint density at radius 3 is 2.86 bits per heavy atom. The fourth-order valence-corrected chi connectivity index (χ4v) is 3.15. The van der Waals surface area contributed by atoms with Crippen LogP contribution in [-0.2, 0) is 16.1 Å². The van der Waals surface area contributed by atoms with Gasteiger partial charge in [0.05, 0.1) is 6.54 Å². The van der Waals surface area contributed by atoms with Crippen molar-refractivity contribution in [1.29, 1.82) is 0 Å². The second-order valence-corrected chi connectivity index (χ2v) is 6.30. The predicted octanol–water partition coefficient (Wildman–Crippen LogP) is 0.620. The van der Waals surface area contributed by atoms with E-state index in [1.807, 2.05) is 6.92 Å². The first-order valence-electron chi connectivity index (χ1n) is 8.20. The zero-order valence-electron chi connectivity index (χ0n) is 13.2. The Balaban J connectivity index is 1.35. The smallest absolute Gasteiger partial charge is 0.249 e. The Kier molecular flexibility index (Phi) is 5.04. The van der Waals surface area contributed by atoms with E-state index in [-0.39, 0.29) is 12.0 Å². The molecule has 0 spiro atoms. The maximum atomic E-state index is 11.9. The summed E-state index contributed by atoms with van der Waals surface area (Å²) in [7, 11) is 0. The van der Waals surface area contributed by atoms with Gasteiger partial charge >= 0.3 is 0 Å². The summed E-state index contributed by atoms with van der Waals surface area (Å²) in [4.78, 5) is 18.7. The zero-order chi connectivity index (χ0) is 15.4. The van der Waals surface area contributed by atoms with E-state index in [4.69, 9.17) is 4.74 Å². The molecule has 0 aliphatic carbocycles. The second kappa shape index (κ2) is 7.19. The first-order chi connectivity index (χ1) is 10.7. The van der Waals surface area contributed by atoms with Crippen LogP contribution in [0.25, 0.3) is 0 Å². The number of ether oxygens (including phenoxy) is 1. The number of piperidine rings is 1. The molecule has 2 N–H and O–H groups in total. The lowest BCUT2D eigenvalue weighted by Gasteiger charge is -2.31. The summed E-state index contributed by atoms with van der Waals surface area (Å²) in [6.45, 7) is 6.28. The molecule has 1 amide bonds. The molecule has 122 valence electrons. The van der Waals surface area contributed by atoms with Crippen LogP contribution in [0.3, 0.4) is 0 Å². The maximum absolute atomic E-state index is 11.9. The van der Waals surface area contributed by atoms with Crippen LogP contribution in [0.2, 0.25) is 0 Å². The maximum Gasteiger partial charge on any atom is 0.249 e. The Morgan fingerprint density at radius 2 is 2.23 bits per heavy atom. The van der Waals surface area contributed by atoms with E-state index in [0.29, 0.717) is 5.92 Å². The van der Waals surface area contributed by atoms with E-state index >= 15 is 0 Å². The fourth-order valence-electron chi connectivity index (χ4n) is 3.15. The summed E-state index contributed by atoms with van der Waals surface area (Å²) in [5.74, 6) is 2.36. The fraction of sp³-hybridized carbons (Fsp3) is 0.800. The number of amides is 1. The number of aromatic amines is 1. The molecular formula is C15H25N5O2. The van der Waals surface area contributed by atoms with Gasteiger partial charge in [-0.3, -0.25) is 14.8 Å². The van der Waals surface area contributed by atoms with Crippen molar-refractivity contribution in [3.63, 3.8) is 0 Å². The van der Waals surface area contributed by atoms with Crippen LogP contribution in [0.5, 0.6) is 0 Å². The minimum absolute atomic E-state index is 0.0659. The molecule has 0 bridgehead atoms. The molecule has 7 heteroatoms. The van der Waals surface area contributed by atoms with Gasteiger partial charge in [-0.15, -0.1) is 0 Å². The van der Waals surface area contributed by atoms with Gasteiger partial charge in [0.1, 0.15) is 11.9 Å². The Bertz CT molecular complexity index is 490. The van der Waals surface area contributed by atoms with Gasteiger partial charge in [-0.25, -0.2) is 4.98 Å². The van der Waals surface area contributed by atoms with Crippen molar-refractivity contribution in [3.8, 4) is 0 Å². The van der Waals surface area contributed by atoms with Gasteiger partial charge in [0.25, 0.3) is 0 Å². The van der Waals surface area contributed by atoms with Gasteiger partial charge in [0, 0.05) is 13.2 Å². The number of carbonyl (C=O) groups excluding carboxylic acids is 1. The summed E-state index contributed by atoms with van der Waals surface area (Å²) in [6.07, 6.45) is 3.86. The molecular weight excluding hydrogens is 282 g/mol. The highest BCUT2D eigenvalue weighted by Crippen LogP contribution is 2.18. The minimum atomic E-state index is -0.214. The summed E-state index contributed by atoms with van der Waals surface area (Å²) in [5.41, 5.74) is 0. The zero-order valence-corrected chi connectivity index (χ0v) is 13.2. The largest absolute Gasteiger partial charge is 0.368 e. The molecule has 22 heavy (non-hydrogen) atoms. The van der Waals surface area contributed by atoms with E-state index in [0.717, 1.165) is 70.1 Å². The molecule has 0 saturated carbocycles. The third kappa shape index (κ3) is 4.04. The molecule has 2 saturated heterocycles. The van der Waals surface area contributed by atoms with Gasteiger partial charge in [0.2, 0.25) is 5.91 Å². The second-order valence-electron chi connectivity index (χ2n) is 6.30. The molecule has 2 aliphatic heterocycles. The lowest BCUT2D eigenvalue weighted by Crippen LogP contribution is -2.41. The van der Waals surface area contributed by atoms with Crippen molar-refractivity contribution < 1.29 is 9.53 Å². The average Bonchev–Trinajstić information content (AvgIpc) is 3.18. The average molecular weight is 307 g/mol. The first-order valence-corrected chi connectivity index (χ1v) is 8.20. The van der Waals surface area contributed by atoms with Gasteiger partial charge in [-0.05, 0) is 51.6 Å². The molecule has 2 fully saturated rings. The van der Waals surface area contributed by atoms with Crippen LogP contribution in [0.15, 0.2) is 0 Å². The molecule has 1 aromatic heterocycles. The predicted molar refractivity (Wildman–Crippen MR) is 81.1 cm³/mol. The van der Waals surface area contributed by atoms with E-state index in [2.05, 4.69) is 25.4 Å². The third-order valence-electron chi connectivity index (χ3n) is 4.50. The highest BCUT2D eigenvalue weighted by atomic mass is 16.5. The van der Waals surface area contributed by atoms with Crippen LogP contribution in [0, 0.1) is 12.8 Å². The molecule has 0 aromatic carbocycles. The molecule has 2 aliphatic rings. The molecule has 1 aromatic rings. The molecule has 3 heterocycles. The number of hydrogen-bond acceptors (Lipinski definition) is 5. The van der Waals surface area contributed by atoms with Gasteiger partial charge < -0.3 is 10.1 Å². The SMILES string of the molecule is Cc1nc(CN2CCC(CNC(=O)[C@H]3CCCO3)CC2)n[nH]1. The van der Waals surface area contributed by atoms with Crippen LogP contribution < -0.4 is 5.32 Å². The Morgan fingerprint density at radius 1 is 1.41 bits per heavy atom. The van der Waals surface area contributed by atoms with Crippen molar-refractivity contribution >= 4 is 5.91 Å². The number of nitrogens with zero attached hydrogens (tertiary/aromatic N) is 3. The number of rotatable bonds is 5. The molecule has 0 radical (unpaired) electrons. The minimum Gasteiger partial charge on any atom is -0.368 e. The number of aromatic nitrogens is 3. The lowest BCUT2D eigenvalue weighted by molar-refractivity contribution is -0.130. The summed E-state index contributed by atoms with van der Waals surface area (Å²) in [6, 6.07) is 0. The standard InChI is InChI=1S/C15H25N5O2/c1-11-17-14(19-18-11)10-20-6-4-12(5-7-20)9-16-15(21)13-3-2-8-22-13/h12-13H,2-10H2,1H3,(H,16,21)(H,17,18,19)/t13-/m1/s1. The van der Waals surface area contributed by atoms with Crippen LogP contribution in [0.4, 0.5) is 0 Å². The summed E-state index contributed by atoms with van der Waals surface area (Å²) < 4.78 is 5.40. The summed E-state index contributed by atoms with van der Waals surface area (Å²) in [5, 5.41) is 10.1. The number of nitrogens with one attached hydrogen (secondary N) is 2. The highest BCUT2D eigenvalue weighted by Gasteiger charge is 2.25. The number of hydrogen-bond donors (Lipinski definition) is 2. The number of aryl methyl sites for hydroxylation is 1. The molecule has 1 atom stereocenters. The summed E-state index contributed by atoms with van der Waals surface area (Å²) >= 11 is 0. The number of likely N-dealkylation sites (tertiary alicyclic amines) is 1. The number of carbonyl (C=O) groups is 1. The monoisotopic (exact) mass is 307 g/mol. The van der Waals surface area contributed by atoms with Gasteiger partial charge in [0.15, 0.2) is 5.82 Å². The van der Waals surface area contributed by atoms with Crippen molar-refractivity contribution in [2.24, 2.45) is 5.92 Å². The van der Waals surface area contributed by atoms with Crippen molar-refractivity contribution in [3.05, 3.63) is 11.6 Å². The van der Waals surface area contributed by atoms with E-state index in [1.165, 1.54) is 0 Å². The van der Waals surface area contributed by atoms with Crippen molar-refractivity contribution in [2.75, 3.05) is 26.2 Å². The molecule has 0 unspecified atom stereocenters. The normalized spacial score (nSPS) is 23.8. The van der Waals surface area contributed by atoms with Gasteiger partial charge in [-0.2, -0.15) is 5.10 Å². The Hall–Kier alpha value is -1.47. The third-order valence-corrected chi connectivity index (χ3v) is 4.50.